The molecule has 4 nitrogen and oxygen atoms in total. The molecule has 0 amide bonds. The maximum absolute atomic E-state index is 13.5. The van der Waals surface area contributed by atoms with Crippen LogP contribution >= 0.6 is 0 Å². The van der Waals surface area contributed by atoms with E-state index < -0.39 is 5.82 Å². The first-order valence-corrected chi connectivity index (χ1v) is 4.93. The Kier molecular flexibility index (Phi) is 2.91. The molecule has 0 N–H and O–H groups in total. The van der Waals surface area contributed by atoms with Gasteiger partial charge < -0.3 is 9.26 Å². The number of nitrogens with zero attached hydrogens (tertiary/aromatic N) is 1. The second kappa shape index (κ2) is 4.37. The van der Waals surface area contributed by atoms with Gasteiger partial charge in [0.1, 0.15) is 0 Å². The van der Waals surface area contributed by atoms with E-state index in [9.17, 15) is 9.18 Å². The summed E-state index contributed by atoms with van der Waals surface area (Å²) < 4.78 is 23.3. The van der Waals surface area contributed by atoms with Gasteiger partial charge >= 0.3 is 0 Å². The van der Waals surface area contributed by atoms with Crippen molar-refractivity contribution in [3.8, 4) is 17.1 Å². The van der Waals surface area contributed by atoms with Gasteiger partial charge in [-0.05, 0) is 25.1 Å². The lowest BCUT2D eigenvalue weighted by Gasteiger charge is -2.03. The maximum Gasteiger partial charge on any atom is 0.177 e. The van der Waals surface area contributed by atoms with E-state index in [2.05, 4.69) is 5.16 Å². The van der Waals surface area contributed by atoms with Gasteiger partial charge in [-0.1, -0.05) is 5.16 Å². The fourth-order valence-electron chi connectivity index (χ4n) is 1.51. The number of ketones is 1. The molecule has 0 spiro atoms. The van der Waals surface area contributed by atoms with Crippen LogP contribution < -0.4 is 4.74 Å². The molecule has 2 rings (SSSR count). The Labute approximate surface area is 97.0 Å². The van der Waals surface area contributed by atoms with E-state index >= 15 is 0 Å². The lowest BCUT2D eigenvalue weighted by molar-refractivity contribution is 0.101. The predicted molar refractivity (Wildman–Crippen MR) is 58.5 cm³/mol. The van der Waals surface area contributed by atoms with Crippen LogP contribution in [0.5, 0.6) is 5.75 Å². The zero-order valence-electron chi connectivity index (χ0n) is 9.36. The van der Waals surface area contributed by atoms with E-state index in [1.807, 2.05) is 0 Å². The molecule has 0 bridgehead atoms. The molecule has 0 fully saturated rings. The molecule has 0 aliphatic heterocycles. The van der Waals surface area contributed by atoms with Gasteiger partial charge in [0.25, 0.3) is 0 Å². The van der Waals surface area contributed by atoms with Crippen molar-refractivity contribution >= 4 is 5.78 Å². The highest BCUT2D eigenvalue weighted by Gasteiger charge is 2.16. The molecule has 0 aliphatic carbocycles. The third-order valence-electron chi connectivity index (χ3n) is 2.36. The van der Waals surface area contributed by atoms with Gasteiger partial charge in [-0.3, -0.25) is 4.79 Å². The summed E-state index contributed by atoms with van der Waals surface area (Å²) in [5, 5.41) is 3.54. The second-order valence-electron chi connectivity index (χ2n) is 3.47. The first kappa shape index (κ1) is 11.3. The summed E-state index contributed by atoms with van der Waals surface area (Å²) >= 11 is 0. The summed E-state index contributed by atoms with van der Waals surface area (Å²) in [5.74, 6) is -0.301. The van der Waals surface area contributed by atoms with Crippen LogP contribution in [-0.2, 0) is 0 Å². The van der Waals surface area contributed by atoms with Crippen molar-refractivity contribution in [2.75, 3.05) is 7.11 Å². The SMILES string of the molecule is COc1ccc(-c2oncc2C(C)=O)cc1F. The van der Waals surface area contributed by atoms with Crippen LogP contribution in [0.3, 0.4) is 0 Å². The molecule has 0 saturated carbocycles. The maximum atomic E-state index is 13.5. The van der Waals surface area contributed by atoms with Crippen LogP contribution in [0.2, 0.25) is 0 Å². The van der Waals surface area contributed by atoms with Gasteiger partial charge in [0, 0.05) is 5.56 Å². The van der Waals surface area contributed by atoms with Crippen molar-refractivity contribution < 1.29 is 18.4 Å². The molecule has 0 saturated heterocycles. The third-order valence-corrected chi connectivity index (χ3v) is 2.36. The molecule has 2 aromatic rings. The first-order valence-electron chi connectivity index (χ1n) is 4.93. The highest BCUT2D eigenvalue weighted by Crippen LogP contribution is 2.28. The van der Waals surface area contributed by atoms with Gasteiger partial charge in [-0.15, -0.1) is 0 Å². The normalized spacial score (nSPS) is 10.3. The van der Waals surface area contributed by atoms with Crippen LogP contribution in [0.25, 0.3) is 11.3 Å². The number of rotatable bonds is 3. The Morgan fingerprint density at radius 1 is 1.47 bits per heavy atom. The average Bonchev–Trinajstić information content (AvgIpc) is 2.77. The van der Waals surface area contributed by atoms with Gasteiger partial charge in [0.05, 0.1) is 18.9 Å². The highest BCUT2D eigenvalue weighted by atomic mass is 19.1. The third kappa shape index (κ3) is 2.04. The summed E-state index contributed by atoms with van der Waals surface area (Å²) in [7, 11) is 1.38. The monoisotopic (exact) mass is 235 g/mol. The van der Waals surface area contributed by atoms with E-state index in [1.54, 1.807) is 6.07 Å². The lowest BCUT2D eigenvalue weighted by atomic mass is 10.1. The minimum atomic E-state index is -0.518. The molecule has 1 aromatic heterocycles. The molecule has 0 unspecified atom stereocenters. The summed E-state index contributed by atoms with van der Waals surface area (Å²) in [5.41, 5.74) is 0.778. The molecule has 17 heavy (non-hydrogen) atoms. The number of carbonyl (C=O) groups is 1. The zero-order valence-corrected chi connectivity index (χ0v) is 9.36. The zero-order chi connectivity index (χ0) is 12.4. The second-order valence-corrected chi connectivity index (χ2v) is 3.47. The summed E-state index contributed by atoms with van der Waals surface area (Å²) in [6.07, 6.45) is 1.32. The molecule has 0 radical (unpaired) electrons. The standard InChI is InChI=1S/C12H10FNO3/c1-7(15)9-6-14-17-12(9)8-3-4-11(16-2)10(13)5-8/h3-6H,1-2H3. The minimum absolute atomic E-state index is 0.137. The van der Waals surface area contributed by atoms with Crippen LogP contribution in [0, 0.1) is 5.82 Å². The minimum Gasteiger partial charge on any atom is -0.494 e. The van der Waals surface area contributed by atoms with Gasteiger partial charge in [-0.25, -0.2) is 4.39 Å². The van der Waals surface area contributed by atoms with Crippen molar-refractivity contribution in [2.45, 2.75) is 6.92 Å². The molecule has 0 aliphatic rings. The average molecular weight is 235 g/mol. The fraction of sp³-hybridized carbons (Fsp3) is 0.167. The van der Waals surface area contributed by atoms with Crippen LogP contribution in [0.4, 0.5) is 4.39 Å². The fourth-order valence-corrected chi connectivity index (χ4v) is 1.51. The number of halogens is 1. The molecule has 1 aromatic carbocycles. The number of ether oxygens (including phenoxy) is 1. The number of methoxy groups -OCH3 is 1. The lowest BCUT2D eigenvalue weighted by Crippen LogP contribution is -1.93. The Balaban J connectivity index is 2.50. The smallest absolute Gasteiger partial charge is 0.177 e. The molecule has 1 heterocycles. The number of hydrogen-bond acceptors (Lipinski definition) is 4. The van der Waals surface area contributed by atoms with Crippen molar-refractivity contribution in [3.63, 3.8) is 0 Å². The number of benzene rings is 1. The molecular formula is C12H10FNO3. The van der Waals surface area contributed by atoms with Crippen LogP contribution in [-0.4, -0.2) is 18.0 Å². The summed E-state index contributed by atoms with van der Waals surface area (Å²) in [4.78, 5) is 11.3. The number of Topliss-reactive ketones (excluding diaryl/α,β-unsaturated/α-hetero) is 1. The van der Waals surface area contributed by atoms with E-state index in [1.165, 1.54) is 32.4 Å². The van der Waals surface area contributed by atoms with E-state index in [4.69, 9.17) is 9.26 Å². The predicted octanol–water partition coefficient (Wildman–Crippen LogP) is 2.69. The molecule has 88 valence electrons. The largest absolute Gasteiger partial charge is 0.494 e. The van der Waals surface area contributed by atoms with Crippen molar-refractivity contribution in [3.05, 3.63) is 35.8 Å². The highest BCUT2D eigenvalue weighted by molar-refractivity contribution is 5.99. The van der Waals surface area contributed by atoms with Gasteiger partial charge in [0.15, 0.2) is 23.1 Å². The van der Waals surface area contributed by atoms with E-state index in [0.717, 1.165) is 0 Å². The number of hydrogen-bond donors (Lipinski definition) is 0. The van der Waals surface area contributed by atoms with E-state index in [-0.39, 0.29) is 17.3 Å². The Bertz CT molecular complexity index is 563. The number of carbonyl (C=O) groups excluding carboxylic acids is 1. The molecular weight excluding hydrogens is 225 g/mol. The van der Waals surface area contributed by atoms with E-state index in [0.29, 0.717) is 11.1 Å². The first-order chi connectivity index (χ1) is 8.13. The van der Waals surface area contributed by atoms with Crippen molar-refractivity contribution in [1.82, 2.24) is 5.16 Å². The quantitative estimate of drug-likeness (QED) is 0.767. The van der Waals surface area contributed by atoms with Crippen LogP contribution in [0.1, 0.15) is 17.3 Å². The van der Waals surface area contributed by atoms with Crippen LogP contribution in [0.15, 0.2) is 28.9 Å². The van der Waals surface area contributed by atoms with Gasteiger partial charge in [-0.2, -0.15) is 0 Å². The summed E-state index contributed by atoms with van der Waals surface area (Å²) in [6.45, 7) is 1.40. The Hall–Kier alpha value is -2.17. The van der Waals surface area contributed by atoms with Crippen molar-refractivity contribution in [1.29, 1.82) is 0 Å². The molecule has 5 heteroatoms. The molecule has 0 atom stereocenters. The Morgan fingerprint density at radius 3 is 2.82 bits per heavy atom. The van der Waals surface area contributed by atoms with Crippen molar-refractivity contribution in [2.24, 2.45) is 0 Å². The number of aromatic nitrogens is 1. The topological polar surface area (TPSA) is 52.3 Å². The summed E-state index contributed by atoms with van der Waals surface area (Å²) in [6, 6.07) is 4.32. The Morgan fingerprint density at radius 2 is 2.24 bits per heavy atom. The van der Waals surface area contributed by atoms with Gasteiger partial charge in [0.2, 0.25) is 0 Å².